The van der Waals surface area contributed by atoms with E-state index in [-0.39, 0.29) is 6.04 Å². The maximum absolute atomic E-state index is 5.32. The van der Waals surface area contributed by atoms with Crippen LogP contribution in [0.15, 0.2) is 53.0 Å². The lowest BCUT2D eigenvalue weighted by Crippen LogP contribution is -2.16. The van der Waals surface area contributed by atoms with Crippen LogP contribution in [0, 0.1) is 6.92 Å². The van der Waals surface area contributed by atoms with Crippen molar-refractivity contribution < 1.29 is 4.74 Å². The summed E-state index contributed by atoms with van der Waals surface area (Å²) < 4.78 is 6.39. The Morgan fingerprint density at radius 2 is 1.89 bits per heavy atom. The molecule has 0 aliphatic rings. The van der Waals surface area contributed by atoms with E-state index in [1.165, 1.54) is 11.1 Å². The first kappa shape index (κ1) is 14.1. The van der Waals surface area contributed by atoms with Crippen molar-refractivity contribution in [3.63, 3.8) is 0 Å². The Morgan fingerprint density at radius 1 is 1.16 bits per heavy atom. The molecule has 2 aromatic rings. The van der Waals surface area contributed by atoms with Crippen LogP contribution in [-0.2, 0) is 4.74 Å². The summed E-state index contributed by atoms with van der Waals surface area (Å²) >= 11 is 3.60. The van der Waals surface area contributed by atoms with Crippen LogP contribution in [0.1, 0.15) is 17.2 Å². The lowest BCUT2D eigenvalue weighted by molar-refractivity contribution is 0.186. The molecule has 0 aliphatic carbocycles. The van der Waals surface area contributed by atoms with Crippen molar-refractivity contribution in [3.8, 4) is 0 Å². The van der Waals surface area contributed by atoms with Gasteiger partial charge >= 0.3 is 0 Å². The van der Waals surface area contributed by atoms with E-state index < -0.39 is 0 Å². The van der Waals surface area contributed by atoms with E-state index in [4.69, 9.17) is 4.74 Å². The number of hydrogen-bond acceptors (Lipinski definition) is 2. The Labute approximate surface area is 122 Å². The first-order chi connectivity index (χ1) is 9.20. The molecule has 0 aromatic heterocycles. The van der Waals surface area contributed by atoms with Gasteiger partial charge in [0, 0.05) is 17.3 Å². The van der Waals surface area contributed by atoms with Gasteiger partial charge < -0.3 is 10.1 Å². The molecule has 0 radical (unpaired) electrons. The number of nitrogens with one attached hydrogen (secondary N) is 1. The van der Waals surface area contributed by atoms with Gasteiger partial charge in [0.2, 0.25) is 0 Å². The van der Waals surface area contributed by atoms with Gasteiger partial charge in [0.1, 0.15) is 0 Å². The van der Waals surface area contributed by atoms with Crippen LogP contribution in [0.25, 0.3) is 0 Å². The minimum Gasteiger partial charge on any atom is -0.382 e. The van der Waals surface area contributed by atoms with Crippen LogP contribution in [0.5, 0.6) is 0 Å². The highest BCUT2D eigenvalue weighted by atomic mass is 79.9. The molecule has 2 nitrogen and oxygen atoms in total. The highest BCUT2D eigenvalue weighted by Gasteiger charge is 2.12. The molecular formula is C16H18BrNO. The molecule has 2 aromatic carbocycles. The van der Waals surface area contributed by atoms with E-state index in [0.29, 0.717) is 6.61 Å². The fraction of sp³-hybridized carbons (Fsp3) is 0.250. The first-order valence-corrected chi connectivity index (χ1v) is 7.06. The average Bonchev–Trinajstić information content (AvgIpc) is 2.42. The second-order valence-corrected chi connectivity index (χ2v) is 5.40. The average molecular weight is 320 g/mol. The standard InChI is InChI=1S/C16H18BrNO/c1-12-8-9-15(14(17)10-12)18-16(11-19-2)13-6-4-3-5-7-13/h3-10,16,18H,11H2,1-2H3. The fourth-order valence-electron chi connectivity index (χ4n) is 2.00. The third kappa shape index (κ3) is 3.82. The van der Waals surface area contributed by atoms with Crippen LogP contribution in [-0.4, -0.2) is 13.7 Å². The molecule has 1 atom stereocenters. The minimum atomic E-state index is 0.144. The number of anilines is 1. The quantitative estimate of drug-likeness (QED) is 0.872. The normalized spacial score (nSPS) is 12.2. The summed E-state index contributed by atoms with van der Waals surface area (Å²) in [4.78, 5) is 0. The third-order valence-electron chi connectivity index (χ3n) is 2.99. The van der Waals surface area contributed by atoms with Gasteiger partial charge in [-0.15, -0.1) is 0 Å². The summed E-state index contributed by atoms with van der Waals surface area (Å²) in [6.07, 6.45) is 0. The topological polar surface area (TPSA) is 21.3 Å². The Kier molecular flexibility index (Phi) is 5.00. The zero-order chi connectivity index (χ0) is 13.7. The molecule has 2 rings (SSSR count). The second-order valence-electron chi connectivity index (χ2n) is 4.55. The van der Waals surface area contributed by atoms with Gasteiger partial charge in [0.05, 0.1) is 12.6 Å². The lowest BCUT2D eigenvalue weighted by atomic mass is 10.1. The van der Waals surface area contributed by atoms with Crippen molar-refractivity contribution in [1.82, 2.24) is 0 Å². The van der Waals surface area contributed by atoms with Crippen LogP contribution in [0.3, 0.4) is 0 Å². The summed E-state index contributed by atoms with van der Waals surface area (Å²) in [7, 11) is 1.72. The number of halogens is 1. The Morgan fingerprint density at radius 3 is 2.53 bits per heavy atom. The molecule has 0 saturated carbocycles. The summed E-state index contributed by atoms with van der Waals surface area (Å²) in [6, 6.07) is 16.8. The largest absolute Gasteiger partial charge is 0.382 e. The van der Waals surface area contributed by atoms with Gasteiger partial charge in [-0.3, -0.25) is 0 Å². The van der Waals surface area contributed by atoms with Crippen molar-refractivity contribution in [1.29, 1.82) is 0 Å². The summed E-state index contributed by atoms with van der Waals surface area (Å²) in [5.41, 5.74) is 3.54. The molecule has 0 heterocycles. The van der Waals surface area contributed by atoms with Crippen molar-refractivity contribution in [2.24, 2.45) is 0 Å². The molecule has 0 amide bonds. The Bertz CT molecular complexity index is 528. The number of benzene rings is 2. The van der Waals surface area contributed by atoms with Crippen molar-refractivity contribution >= 4 is 21.6 Å². The highest BCUT2D eigenvalue weighted by Crippen LogP contribution is 2.27. The molecule has 1 N–H and O–H groups in total. The van der Waals surface area contributed by atoms with Gasteiger partial charge in [-0.25, -0.2) is 0 Å². The SMILES string of the molecule is COCC(Nc1ccc(C)cc1Br)c1ccccc1. The molecule has 3 heteroatoms. The van der Waals surface area contributed by atoms with Crippen LogP contribution >= 0.6 is 15.9 Å². The van der Waals surface area contributed by atoms with Gasteiger partial charge in [-0.05, 0) is 46.1 Å². The fourth-order valence-corrected chi connectivity index (χ4v) is 2.61. The monoisotopic (exact) mass is 319 g/mol. The van der Waals surface area contributed by atoms with E-state index >= 15 is 0 Å². The van der Waals surface area contributed by atoms with Crippen molar-refractivity contribution in [2.45, 2.75) is 13.0 Å². The van der Waals surface area contributed by atoms with Gasteiger partial charge in [0.25, 0.3) is 0 Å². The number of methoxy groups -OCH3 is 1. The van der Waals surface area contributed by atoms with Crippen molar-refractivity contribution in [3.05, 3.63) is 64.1 Å². The molecule has 0 bridgehead atoms. The summed E-state index contributed by atoms with van der Waals surface area (Å²) in [5.74, 6) is 0. The third-order valence-corrected chi connectivity index (χ3v) is 3.65. The van der Waals surface area contributed by atoms with E-state index in [9.17, 15) is 0 Å². The van der Waals surface area contributed by atoms with Gasteiger partial charge in [-0.1, -0.05) is 36.4 Å². The van der Waals surface area contributed by atoms with Gasteiger partial charge in [-0.2, -0.15) is 0 Å². The molecule has 19 heavy (non-hydrogen) atoms. The highest BCUT2D eigenvalue weighted by molar-refractivity contribution is 9.10. The number of hydrogen-bond donors (Lipinski definition) is 1. The van der Waals surface area contributed by atoms with Crippen molar-refractivity contribution in [2.75, 3.05) is 19.0 Å². The molecule has 0 fully saturated rings. The summed E-state index contributed by atoms with van der Waals surface area (Å²) in [6.45, 7) is 2.71. The zero-order valence-corrected chi connectivity index (χ0v) is 12.8. The van der Waals surface area contributed by atoms with Crippen LogP contribution < -0.4 is 5.32 Å². The first-order valence-electron chi connectivity index (χ1n) is 6.27. The smallest absolute Gasteiger partial charge is 0.0747 e. The number of ether oxygens (including phenoxy) is 1. The molecule has 0 spiro atoms. The molecule has 0 saturated heterocycles. The molecule has 100 valence electrons. The number of rotatable bonds is 5. The van der Waals surface area contributed by atoms with E-state index in [1.807, 2.05) is 18.2 Å². The van der Waals surface area contributed by atoms with Crippen LogP contribution in [0.2, 0.25) is 0 Å². The maximum atomic E-state index is 5.32. The maximum Gasteiger partial charge on any atom is 0.0747 e. The second kappa shape index (κ2) is 6.73. The lowest BCUT2D eigenvalue weighted by Gasteiger charge is -2.20. The Hall–Kier alpha value is -1.32. The minimum absolute atomic E-state index is 0.144. The van der Waals surface area contributed by atoms with Crippen LogP contribution in [0.4, 0.5) is 5.69 Å². The van der Waals surface area contributed by atoms with E-state index in [0.717, 1.165) is 10.2 Å². The van der Waals surface area contributed by atoms with E-state index in [2.05, 4.69) is 58.5 Å². The molecular weight excluding hydrogens is 302 g/mol. The molecule has 1 unspecified atom stereocenters. The predicted octanol–water partition coefficient (Wildman–Crippen LogP) is 4.56. The zero-order valence-electron chi connectivity index (χ0n) is 11.2. The Balaban J connectivity index is 2.21. The molecule has 0 aliphatic heterocycles. The number of aryl methyl sites for hydroxylation is 1. The van der Waals surface area contributed by atoms with E-state index in [1.54, 1.807) is 7.11 Å². The predicted molar refractivity (Wildman–Crippen MR) is 83.6 cm³/mol. The van der Waals surface area contributed by atoms with Gasteiger partial charge in [0.15, 0.2) is 0 Å². The summed E-state index contributed by atoms with van der Waals surface area (Å²) in [5, 5.41) is 3.52.